The van der Waals surface area contributed by atoms with Crippen molar-refractivity contribution in [3.63, 3.8) is 0 Å². The van der Waals surface area contributed by atoms with Crippen molar-refractivity contribution in [3.05, 3.63) is 90.5 Å². The second kappa shape index (κ2) is 10.4. The summed E-state index contributed by atoms with van der Waals surface area (Å²) in [5.74, 6) is 0.815. The third-order valence-electron chi connectivity index (χ3n) is 5.59. The van der Waals surface area contributed by atoms with Gasteiger partial charge < -0.3 is 9.84 Å². The standard InChI is InChI=1S/C26H30N2O2/c29-24(20-28-17-15-27(16-18-28)19-22-9-3-1-4-10-22)21-30-26-14-8-7-13-25(26)23-11-5-2-6-12-23/h1-14,24,29H,15-21H2/t24-/m0/s1. The molecule has 1 heterocycles. The molecular formula is C26H30N2O2. The second-order valence-corrected chi connectivity index (χ2v) is 7.89. The summed E-state index contributed by atoms with van der Waals surface area (Å²) in [6, 6.07) is 28.8. The van der Waals surface area contributed by atoms with Crippen molar-refractivity contribution in [2.45, 2.75) is 12.6 Å². The van der Waals surface area contributed by atoms with E-state index in [2.05, 4.69) is 58.3 Å². The van der Waals surface area contributed by atoms with Gasteiger partial charge in [0.1, 0.15) is 18.5 Å². The van der Waals surface area contributed by atoms with Gasteiger partial charge in [0.25, 0.3) is 0 Å². The third-order valence-corrected chi connectivity index (χ3v) is 5.59. The molecule has 1 saturated heterocycles. The highest BCUT2D eigenvalue weighted by Gasteiger charge is 2.20. The summed E-state index contributed by atoms with van der Waals surface area (Å²) in [5, 5.41) is 10.5. The summed E-state index contributed by atoms with van der Waals surface area (Å²) >= 11 is 0. The highest BCUT2D eigenvalue weighted by molar-refractivity contribution is 5.70. The van der Waals surface area contributed by atoms with Gasteiger partial charge >= 0.3 is 0 Å². The molecule has 4 nitrogen and oxygen atoms in total. The van der Waals surface area contributed by atoms with E-state index in [0.717, 1.165) is 49.6 Å². The van der Waals surface area contributed by atoms with Gasteiger partial charge in [-0.05, 0) is 17.2 Å². The number of ether oxygens (including phenoxy) is 1. The number of rotatable bonds is 8. The van der Waals surface area contributed by atoms with Gasteiger partial charge in [-0.25, -0.2) is 0 Å². The van der Waals surface area contributed by atoms with Gasteiger partial charge in [-0.1, -0.05) is 78.9 Å². The van der Waals surface area contributed by atoms with Crippen LogP contribution in [0.1, 0.15) is 5.56 Å². The molecule has 30 heavy (non-hydrogen) atoms. The topological polar surface area (TPSA) is 35.9 Å². The molecule has 1 aliphatic heterocycles. The predicted molar refractivity (Wildman–Crippen MR) is 122 cm³/mol. The molecule has 0 radical (unpaired) electrons. The van der Waals surface area contributed by atoms with Gasteiger partial charge in [0, 0.05) is 44.8 Å². The van der Waals surface area contributed by atoms with Crippen molar-refractivity contribution in [1.29, 1.82) is 0 Å². The molecule has 0 saturated carbocycles. The lowest BCUT2D eigenvalue weighted by atomic mass is 10.1. The maximum absolute atomic E-state index is 10.5. The number of hydrogen-bond acceptors (Lipinski definition) is 4. The average molecular weight is 403 g/mol. The zero-order valence-corrected chi connectivity index (χ0v) is 17.4. The quantitative estimate of drug-likeness (QED) is 0.620. The van der Waals surface area contributed by atoms with Gasteiger partial charge in [0.2, 0.25) is 0 Å². The van der Waals surface area contributed by atoms with Gasteiger partial charge in [-0.15, -0.1) is 0 Å². The van der Waals surface area contributed by atoms with Crippen LogP contribution < -0.4 is 4.74 Å². The monoisotopic (exact) mass is 402 g/mol. The smallest absolute Gasteiger partial charge is 0.127 e. The number of benzene rings is 3. The summed E-state index contributed by atoms with van der Waals surface area (Å²) in [4.78, 5) is 4.81. The van der Waals surface area contributed by atoms with E-state index in [1.165, 1.54) is 5.56 Å². The van der Waals surface area contributed by atoms with E-state index in [1.54, 1.807) is 0 Å². The minimum Gasteiger partial charge on any atom is -0.490 e. The van der Waals surface area contributed by atoms with Crippen LogP contribution in [-0.2, 0) is 6.54 Å². The van der Waals surface area contributed by atoms with E-state index < -0.39 is 6.10 Å². The van der Waals surface area contributed by atoms with Crippen molar-refractivity contribution < 1.29 is 9.84 Å². The molecule has 0 unspecified atom stereocenters. The van der Waals surface area contributed by atoms with Crippen LogP contribution in [0.3, 0.4) is 0 Å². The fraction of sp³-hybridized carbons (Fsp3) is 0.308. The summed E-state index contributed by atoms with van der Waals surface area (Å²) in [6.07, 6.45) is -0.505. The van der Waals surface area contributed by atoms with E-state index in [4.69, 9.17) is 4.74 Å². The van der Waals surface area contributed by atoms with Gasteiger partial charge in [0.15, 0.2) is 0 Å². The fourth-order valence-corrected chi connectivity index (χ4v) is 3.96. The van der Waals surface area contributed by atoms with Crippen molar-refractivity contribution in [2.75, 3.05) is 39.3 Å². The molecule has 0 amide bonds. The van der Waals surface area contributed by atoms with Gasteiger partial charge in [-0.2, -0.15) is 0 Å². The van der Waals surface area contributed by atoms with Crippen LogP contribution in [0.2, 0.25) is 0 Å². The predicted octanol–water partition coefficient (Wildman–Crippen LogP) is 3.91. The lowest BCUT2D eigenvalue weighted by molar-refractivity contribution is 0.0447. The van der Waals surface area contributed by atoms with Gasteiger partial charge in [0.05, 0.1) is 0 Å². The van der Waals surface area contributed by atoms with E-state index in [9.17, 15) is 5.11 Å². The fourth-order valence-electron chi connectivity index (χ4n) is 3.96. The van der Waals surface area contributed by atoms with Crippen LogP contribution in [0.4, 0.5) is 0 Å². The molecule has 0 spiro atoms. The first-order chi connectivity index (χ1) is 14.8. The maximum Gasteiger partial charge on any atom is 0.127 e. The number of aliphatic hydroxyl groups excluding tert-OH is 1. The molecule has 4 heteroatoms. The van der Waals surface area contributed by atoms with Crippen molar-refractivity contribution in [2.24, 2.45) is 0 Å². The number of piperazine rings is 1. The molecule has 1 atom stereocenters. The number of nitrogens with zero attached hydrogens (tertiary/aromatic N) is 2. The van der Waals surface area contributed by atoms with Crippen LogP contribution in [0.25, 0.3) is 11.1 Å². The molecule has 0 aliphatic carbocycles. The van der Waals surface area contributed by atoms with Crippen molar-refractivity contribution in [3.8, 4) is 16.9 Å². The van der Waals surface area contributed by atoms with Crippen LogP contribution in [0.5, 0.6) is 5.75 Å². The third kappa shape index (κ3) is 5.70. The first kappa shape index (κ1) is 20.6. The first-order valence-electron chi connectivity index (χ1n) is 10.7. The Labute approximate surface area is 179 Å². The van der Waals surface area contributed by atoms with Crippen LogP contribution in [0, 0.1) is 0 Å². The minimum absolute atomic E-state index is 0.300. The summed E-state index contributed by atoms with van der Waals surface area (Å²) in [5.41, 5.74) is 3.54. The molecule has 0 aromatic heterocycles. The lowest BCUT2D eigenvalue weighted by Crippen LogP contribution is -2.48. The number of β-amino-alcohol motifs (C(OH)–C–C–N with tert-alkyl or cyclic N) is 1. The zero-order chi connectivity index (χ0) is 20.6. The number of hydrogen-bond donors (Lipinski definition) is 1. The second-order valence-electron chi connectivity index (χ2n) is 7.89. The highest BCUT2D eigenvalue weighted by atomic mass is 16.5. The van der Waals surface area contributed by atoms with E-state index >= 15 is 0 Å². The summed E-state index contributed by atoms with van der Waals surface area (Å²) in [7, 11) is 0. The Balaban J connectivity index is 1.24. The molecule has 4 rings (SSSR count). The van der Waals surface area contributed by atoms with Gasteiger partial charge in [-0.3, -0.25) is 9.80 Å². The average Bonchev–Trinajstić information content (AvgIpc) is 2.80. The molecular weight excluding hydrogens is 372 g/mol. The Morgan fingerprint density at radius 2 is 1.33 bits per heavy atom. The lowest BCUT2D eigenvalue weighted by Gasteiger charge is -2.35. The minimum atomic E-state index is -0.505. The normalized spacial score (nSPS) is 16.3. The molecule has 1 aliphatic rings. The zero-order valence-electron chi connectivity index (χ0n) is 17.4. The molecule has 0 bridgehead atoms. The highest BCUT2D eigenvalue weighted by Crippen LogP contribution is 2.29. The van der Waals surface area contributed by atoms with Crippen LogP contribution in [0.15, 0.2) is 84.9 Å². The largest absolute Gasteiger partial charge is 0.490 e. The maximum atomic E-state index is 10.5. The van der Waals surface area contributed by atoms with E-state index in [-0.39, 0.29) is 0 Å². The Morgan fingerprint density at radius 1 is 0.733 bits per heavy atom. The van der Waals surface area contributed by atoms with Crippen LogP contribution >= 0.6 is 0 Å². The molecule has 3 aromatic carbocycles. The number of para-hydroxylation sites is 1. The molecule has 3 aromatic rings. The first-order valence-corrected chi connectivity index (χ1v) is 10.7. The van der Waals surface area contributed by atoms with Crippen molar-refractivity contribution in [1.82, 2.24) is 9.80 Å². The Morgan fingerprint density at radius 3 is 2.07 bits per heavy atom. The van der Waals surface area contributed by atoms with Crippen LogP contribution in [-0.4, -0.2) is 60.3 Å². The molecule has 1 fully saturated rings. The molecule has 1 N–H and O–H groups in total. The summed E-state index contributed by atoms with van der Waals surface area (Å²) in [6.45, 7) is 5.95. The van der Waals surface area contributed by atoms with E-state index in [1.807, 2.05) is 36.4 Å². The van der Waals surface area contributed by atoms with E-state index in [0.29, 0.717) is 13.2 Å². The SMILES string of the molecule is O[C@H](COc1ccccc1-c1ccccc1)CN1CCN(Cc2ccccc2)CC1. The molecule has 156 valence electrons. The summed E-state index contributed by atoms with van der Waals surface area (Å²) < 4.78 is 6.01. The Kier molecular flexibility index (Phi) is 7.14. The van der Waals surface area contributed by atoms with Crippen molar-refractivity contribution >= 4 is 0 Å². The Bertz CT molecular complexity index is 893. The number of aliphatic hydroxyl groups is 1. The Hall–Kier alpha value is -2.66.